The first-order valence-electron chi connectivity index (χ1n) is 5.10. The van der Waals surface area contributed by atoms with Crippen LogP contribution >= 0.6 is 15.9 Å². The number of likely N-dealkylation sites (tertiary alicyclic amines) is 1. The standard InChI is InChI=1S/C11H15BrN2O/c12-9-1-2-11(15)8(5-9)6-14-4-3-10(13)7-14/h1-2,5,10,15H,3-4,6-7,13H2. The van der Waals surface area contributed by atoms with Gasteiger partial charge in [-0.15, -0.1) is 0 Å². The Kier molecular flexibility index (Phi) is 3.29. The van der Waals surface area contributed by atoms with Crippen LogP contribution in [0.15, 0.2) is 22.7 Å². The van der Waals surface area contributed by atoms with Crippen molar-refractivity contribution in [2.24, 2.45) is 5.73 Å². The van der Waals surface area contributed by atoms with Crippen molar-refractivity contribution in [3.63, 3.8) is 0 Å². The Morgan fingerprint density at radius 2 is 2.33 bits per heavy atom. The van der Waals surface area contributed by atoms with E-state index in [2.05, 4.69) is 20.8 Å². The molecule has 1 heterocycles. The summed E-state index contributed by atoms with van der Waals surface area (Å²) in [7, 11) is 0. The van der Waals surface area contributed by atoms with Gasteiger partial charge in [0.2, 0.25) is 0 Å². The van der Waals surface area contributed by atoms with Gasteiger partial charge in [0.15, 0.2) is 0 Å². The predicted molar refractivity (Wildman–Crippen MR) is 63.7 cm³/mol. The van der Waals surface area contributed by atoms with E-state index in [0.717, 1.165) is 36.1 Å². The van der Waals surface area contributed by atoms with Gasteiger partial charge < -0.3 is 10.8 Å². The minimum absolute atomic E-state index is 0.291. The lowest BCUT2D eigenvalue weighted by molar-refractivity contribution is 0.320. The van der Waals surface area contributed by atoms with Crippen LogP contribution in [0.1, 0.15) is 12.0 Å². The fourth-order valence-electron chi connectivity index (χ4n) is 1.93. The third-order valence-corrected chi connectivity index (χ3v) is 3.24. The van der Waals surface area contributed by atoms with Crippen molar-refractivity contribution >= 4 is 15.9 Å². The molecule has 1 aliphatic rings. The highest BCUT2D eigenvalue weighted by Gasteiger charge is 2.19. The first kappa shape index (κ1) is 10.9. The second-order valence-electron chi connectivity index (χ2n) is 4.06. The van der Waals surface area contributed by atoms with E-state index < -0.39 is 0 Å². The van der Waals surface area contributed by atoms with Crippen LogP contribution in [-0.2, 0) is 6.54 Å². The van der Waals surface area contributed by atoms with Gasteiger partial charge in [0.1, 0.15) is 5.75 Å². The molecule has 0 saturated carbocycles. The fourth-order valence-corrected chi connectivity index (χ4v) is 2.34. The van der Waals surface area contributed by atoms with Crippen LogP contribution in [-0.4, -0.2) is 29.1 Å². The molecular weight excluding hydrogens is 256 g/mol. The van der Waals surface area contributed by atoms with E-state index >= 15 is 0 Å². The largest absolute Gasteiger partial charge is 0.508 e. The van der Waals surface area contributed by atoms with E-state index in [0.29, 0.717) is 11.8 Å². The molecule has 1 saturated heterocycles. The van der Waals surface area contributed by atoms with Gasteiger partial charge in [-0.1, -0.05) is 15.9 Å². The second-order valence-corrected chi connectivity index (χ2v) is 4.97. The molecule has 0 radical (unpaired) electrons. The molecule has 0 amide bonds. The zero-order chi connectivity index (χ0) is 10.8. The van der Waals surface area contributed by atoms with Gasteiger partial charge in [0.25, 0.3) is 0 Å². The Morgan fingerprint density at radius 3 is 3.00 bits per heavy atom. The Morgan fingerprint density at radius 1 is 1.53 bits per heavy atom. The van der Waals surface area contributed by atoms with Gasteiger partial charge in [-0.2, -0.15) is 0 Å². The molecule has 1 fully saturated rings. The monoisotopic (exact) mass is 270 g/mol. The molecular formula is C11H15BrN2O. The first-order valence-corrected chi connectivity index (χ1v) is 5.90. The van der Waals surface area contributed by atoms with E-state index in [1.54, 1.807) is 6.07 Å². The normalized spacial score (nSPS) is 22.1. The van der Waals surface area contributed by atoms with E-state index in [1.165, 1.54) is 0 Å². The maximum absolute atomic E-state index is 9.68. The Bertz CT molecular complexity index is 356. The Hall–Kier alpha value is -0.580. The molecule has 0 aliphatic carbocycles. The van der Waals surface area contributed by atoms with E-state index in [9.17, 15) is 5.11 Å². The van der Waals surface area contributed by atoms with Crippen molar-refractivity contribution in [1.29, 1.82) is 0 Å². The highest BCUT2D eigenvalue weighted by molar-refractivity contribution is 9.10. The third-order valence-electron chi connectivity index (χ3n) is 2.74. The Balaban J connectivity index is 2.07. The van der Waals surface area contributed by atoms with Crippen molar-refractivity contribution in [1.82, 2.24) is 4.90 Å². The number of halogens is 1. The molecule has 2 rings (SSSR count). The topological polar surface area (TPSA) is 49.5 Å². The number of benzene rings is 1. The van der Waals surface area contributed by atoms with Crippen molar-refractivity contribution in [2.45, 2.75) is 19.0 Å². The number of phenols is 1. The maximum atomic E-state index is 9.68. The number of rotatable bonds is 2. The number of phenolic OH excluding ortho intramolecular Hbond substituents is 1. The van der Waals surface area contributed by atoms with Gasteiger partial charge >= 0.3 is 0 Å². The van der Waals surface area contributed by atoms with Crippen molar-refractivity contribution in [3.05, 3.63) is 28.2 Å². The van der Waals surface area contributed by atoms with Crippen LogP contribution in [0.5, 0.6) is 5.75 Å². The maximum Gasteiger partial charge on any atom is 0.120 e. The number of nitrogens with zero attached hydrogens (tertiary/aromatic N) is 1. The van der Waals surface area contributed by atoms with Crippen LogP contribution in [0.3, 0.4) is 0 Å². The number of aromatic hydroxyl groups is 1. The smallest absolute Gasteiger partial charge is 0.120 e. The molecule has 4 heteroatoms. The number of hydrogen-bond acceptors (Lipinski definition) is 3. The van der Waals surface area contributed by atoms with Crippen LogP contribution in [0.4, 0.5) is 0 Å². The average molecular weight is 271 g/mol. The predicted octanol–water partition coefficient (Wildman–Crippen LogP) is 1.69. The molecule has 1 aromatic carbocycles. The molecule has 1 aromatic rings. The quantitative estimate of drug-likeness (QED) is 0.860. The molecule has 1 unspecified atom stereocenters. The molecule has 1 aliphatic heterocycles. The minimum Gasteiger partial charge on any atom is -0.508 e. The summed E-state index contributed by atoms with van der Waals surface area (Å²) in [6.45, 7) is 2.72. The second kappa shape index (κ2) is 4.51. The van der Waals surface area contributed by atoms with Gasteiger partial charge in [-0.3, -0.25) is 4.90 Å². The van der Waals surface area contributed by atoms with Crippen LogP contribution in [0.25, 0.3) is 0 Å². The molecule has 3 nitrogen and oxygen atoms in total. The molecule has 0 aromatic heterocycles. The van der Waals surface area contributed by atoms with E-state index in [-0.39, 0.29) is 0 Å². The highest BCUT2D eigenvalue weighted by Crippen LogP contribution is 2.24. The van der Waals surface area contributed by atoms with Crippen LogP contribution < -0.4 is 5.73 Å². The van der Waals surface area contributed by atoms with Gasteiger partial charge in [0.05, 0.1) is 0 Å². The lowest BCUT2D eigenvalue weighted by Crippen LogP contribution is -2.26. The fraction of sp³-hybridized carbons (Fsp3) is 0.455. The van der Waals surface area contributed by atoms with Crippen molar-refractivity contribution in [2.75, 3.05) is 13.1 Å². The van der Waals surface area contributed by atoms with E-state index in [1.807, 2.05) is 12.1 Å². The van der Waals surface area contributed by atoms with Crippen LogP contribution in [0.2, 0.25) is 0 Å². The summed E-state index contributed by atoms with van der Waals surface area (Å²) in [6, 6.07) is 5.81. The SMILES string of the molecule is NC1CCN(Cc2cc(Br)ccc2O)C1. The first-order chi connectivity index (χ1) is 7.15. The highest BCUT2D eigenvalue weighted by atomic mass is 79.9. The summed E-state index contributed by atoms with van der Waals surface area (Å²) >= 11 is 3.40. The summed E-state index contributed by atoms with van der Waals surface area (Å²) in [6.07, 6.45) is 1.05. The minimum atomic E-state index is 0.291. The number of nitrogens with two attached hydrogens (primary N) is 1. The third kappa shape index (κ3) is 2.71. The summed E-state index contributed by atoms with van der Waals surface area (Å²) in [5.74, 6) is 0.360. The van der Waals surface area contributed by atoms with E-state index in [4.69, 9.17) is 5.73 Å². The summed E-state index contributed by atoms with van der Waals surface area (Å²) in [4.78, 5) is 2.27. The summed E-state index contributed by atoms with van der Waals surface area (Å²) in [5.41, 5.74) is 6.79. The zero-order valence-electron chi connectivity index (χ0n) is 8.49. The van der Waals surface area contributed by atoms with Gasteiger partial charge in [0, 0.05) is 35.7 Å². The lowest BCUT2D eigenvalue weighted by atomic mass is 10.2. The molecule has 1 atom stereocenters. The average Bonchev–Trinajstić information content (AvgIpc) is 2.58. The summed E-state index contributed by atoms with van der Waals surface area (Å²) < 4.78 is 0.999. The molecule has 3 N–H and O–H groups in total. The zero-order valence-corrected chi connectivity index (χ0v) is 10.1. The molecule has 0 spiro atoms. The van der Waals surface area contributed by atoms with Gasteiger partial charge in [-0.05, 0) is 24.6 Å². The van der Waals surface area contributed by atoms with Crippen molar-refractivity contribution in [3.8, 4) is 5.75 Å². The lowest BCUT2D eigenvalue weighted by Gasteiger charge is -2.16. The number of hydrogen-bond donors (Lipinski definition) is 2. The van der Waals surface area contributed by atoms with Crippen LogP contribution in [0, 0.1) is 0 Å². The van der Waals surface area contributed by atoms with Gasteiger partial charge in [-0.25, -0.2) is 0 Å². The van der Waals surface area contributed by atoms with Crippen molar-refractivity contribution < 1.29 is 5.11 Å². The molecule has 15 heavy (non-hydrogen) atoms. The summed E-state index contributed by atoms with van der Waals surface area (Å²) in [5, 5.41) is 9.68. The molecule has 0 bridgehead atoms. The Labute approximate surface area is 98.0 Å². The molecule has 82 valence electrons.